The molecule has 0 saturated carbocycles. The first kappa shape index (κ1) is 16.9. The van der Waals surface area contributed by atoms with Crippen molar-refractivity contribution in [1.29, 1.82) is 0 Å². The molecule has 26 heavy (non-hydrogen) atoms. The van der Waals surface area contributed by atoms with Gasteiger partial charge in [0.1, 0.15) is 0 Å². The topological polar surface area (TPSA) is 31.2 Å². The molecule has 0 amide bonds. The third kappa shape index (κ3) is 3.26. The molecule has 1 atom stereocenters. The molecule has 0 aliphatic heterocycles. The Morgan fingerprint density at radius 3 is 2.69 bits per heavy atom. The van der Waals surface area contributed by atoms with Crippen LogP contribution in [0.15, 0.2) is 54.6 Å². The molecule has 3 heteroatoms. The van der Waals surface area contributed by atoms with Gasteiger partial charge in [-0.25, -0.2) is 0 Å². The Morgan fingerprint density at radius 1 is 1.12 bits per heavy atom. The fourth-order valence-electron chi connectivity index (χ4n) is 4.25. The van der Waals surface area contributed by atoms with Crippen molar-refractivity contribution >= 4 is 16.9 Å². The molecule has 4 rings (SSSR count). The molecule has 3 nitrogen and oxygen atoms in total. The van der Waals surface area contributed by atoms with Gasteiger partial charge in [-0.15, -0.1) is 0 Å². The van der Waals surface area contributed by atoms with E-state index in [4.69, 9.17) is 4.74 Å². The highest BCUT2D eigenvalue weighted by Gasteiger charge is 2.27. The third-order valence-electron chi connectivity index (χ3n) is 5.42. The fourth-order valence-corrected chi connectivity index (χ4v) is 4.25. The summed E-state index contributed by atoms with van der Waals surface area (Å²) in [5.41, 5.74) is 5.50. The molecular weight excluding hydrogens is 322 g/mol. The lowest BCUT2D eigenvalue weighted by molar-refractivity contribution is -0.144. The molecule has 1 unspecified atom stereocenters. The maximum atomic E-state index is 11.9. The highest BCUT2D eigenvalue weighted by molar-refractivity contribution is 5.86. The highest BCUT2D eigenvalue weighted by Crippen LogP contribution is 2.36. The summed E-state index contributed by atoms with van der Waals surface area (Å²) >= 11 is 0. The number of fused-ring (bicyclic) bond motifs is 3. The lowest BCUT2D eigenvalue weighted by atomic mass is 9.84. The normalized spacial score (nSPS) is 16.4. The van der Waals surface area contributed by atoms with Gasteiger partial charge in [-0.05, 0) is 49.3 Å². The third-order valence-corrected chi connectivity index (χ3v) is 5.42. The van der Waals surface area contributed by atoms with Crippen molar-refractivity contribution in [2.75, 3.05) is 6.61 Å². The Kier molecular flexibility index (Phi) is 4.79. The van der Waals surface area contributed by atoms with Crippen LogP contribution in [0, 0.1) is 5.92 Å². The molecule has 134 valence electrons. The standard InChI is InChI=1S/C23H25NO2/c1-2-26-23(25)15-18-12-13-22-20(14-18)19-10-6-7-11-21(19)24(22)16-17-8-4-3-5-9-17/h3-11,18H,2,12-16H2,1H3. The number of para-hydroxylation sites is 1. The van der Waals surface area contributed by atoms with Gasteiger partial charge in [-0.2, -0.15) is 0 Å². The first-order valence-electron chi connectivity index (χ1n) is 9.54. The average Bonchev–Trinajstić information content (AvgIpc) is 2.96. The number of benzene rings is 2. The number of carbonyl (C=O) groups excluding carboxylic acids is 1. The number of rotatable bonds is 5. The van der Waals surface area contributed by atoms with Crippen molar-refractivity contribution in [2.24, 2.45) is 5.92 Å². The zero-order valence-corrected chi connectivity index (χ0v) is 15.3. The van der Waals surface area contributed by atoms with Gasteiger partial charge in [0.25, 0.3) is 0 Å². The van der Waals surface area contributed by atoms with Crippen LogP contribution < -0.4 is 0 Å². The quantitative estimate of drug-likeness (QED) is 0.624. The van der Waals surface area contributed by atoms with Gasteiger partial charge in [0.05, 0.1) is 6.61 Å². The van der Waals surface area contributed by atoms with Crippen LogP contribution in [0.4, 0.5) is 0 Å². The number of esters is 1. The van der Waals surface area contributed by atoms with Crippen LogP contribution in [0.3, 0.4) is 0 Å². The molecule has 0 spiro atoms. The van der Waals surface area contributed by atoms with Gasteiger partial charge in [0.2, 0.25) is 0 Å². The monoisotopic (exact) mass is 347 g/mol. The lowest BCUT2D eigenvalue weighted by Crippen LogP contribution is -2.20. The number of hydrogen-bond donors (Lipinski definition) is 0. The Labute approximate surface area is 154 Å². The average molecular weight is 347 g/mol. The zero-order valence-electron chi connectivity index (χ0n) is 15.3. The minimum absolute atomic E-state index is 0.0611. The van der Waals surface area contributed by atoms with Crippen LogP contribution >= 0.6 is 0 Å². The van der Waals surface area contributed by atoms with Gasteiger partial charge < -0.3 is 9.30 Å². The van der Waals surface area contributed by atoms with Crippen molar-refractivity contribution in [1.82, 2.24) is 4.57 Å². The lowest BCUT2D eigenvalue weighted by Gasteiger charge is -2.23. The van der Waals surface area contributed by atoms with Crippen molar-refractivity contribution in [3.05, 3.63) is 71.4 Å². The Balaban J connectivity index is 1.67. The second-order valence-electron chi connectivity index (χ2n) is 7.13. The van der Waals surface area contributed by atoms with Crippen LogP contribution in [0.1, 0.15) is 36.6 Å². The zero-order chi connectivity index (χ0) is 17.9. The summed E-state index contributed by atoms with van der Waals surface area (Å²) < 4.78 is 7.63. The number of carbonyl (C=O) groups is 1. The number of hydrogen-bond acceptors (Lipinski definition) is 2. The van der Waals surface area contributed by atoms with Crippen LogP contribution in [-0.2, 0) is 28.9 Å². The first-order chi connectivity index (χ1) is 12.8. The molecule has 1 heterocycles. The highest BCUT2D eigenvalue weighted by atomic mass is 16.5. The molecule has 0 saturated heterocycles. The van der Waals surface area contributed by atoms with Crippen molar-refractivity contribution in [3.8, 4) is 0 Å². The summed E-state index contributed by atoms with van der Waals surface area (Å²) in [6.45, 7) is 3.24. The fraction of sp³-hybridized carbons (Fsp3) is 0.348. The van der Waals surface area contributed by atoms with E-state index >= 15 is 0 Å². The van der Waals surface area contributed by atoms with Crippen molar-refractivity contribution < 1.29 is 9.53 Å². The van der Waals surface area contributed by atoms with Crippen LogP contribution in [0.2, 0.25) is 0 Å². The van der Waals surface area contributed by atoms with E-state index in [2.05, 4.69) is 59.2 Å². The van der Waals surface area contributed by atoms with Crippen molar-refractivity contribution in [3.63, 3.8) is 0 Å². The molecule has 3 aromatic rings. The van der Waals surface area contributed by atoms with Gasteiger partial charge >= 0.3 is 5.97 Å². The molecule has 0 N–H and O–H groups in total. The maximum Gasteiger partial charge on any atom is 0.306 e. The Hall–Kier alpha value is -2.55. The van der Waals surface area contributed by atoms with E-state index in [1.807, 2.05) is 6.92 Å². The summed E-state index contributed by atoms with van der Waals surface area (Å²) in [5.74, 6) is 0.325. The maximum absolute atomic E-state index is 11.9. The molecule has 1 aliphatic carbocycles. The molecular formula is C23H25NO2. The molecule has 1 aromatic heterocycles. The molecule has 0 radical (unpaired) electrons. The summed E-state index contributed by atoms with van der Waals surface area (Å²) in [4.78, 5) is 11.9. The van der Waals surface area contributed by atoms with Crippen molar-refractivity contribution in [2.45, 2.75) is 39.2 Å². The summed E-state index contributed by atoms with van der Waals surface area (Å²) in [5, 5.41) is 1.34. The number of aromatic nitrogens is 1. The SMILES string of the molecule is CCOC(=O)CC1CCc2c(c3ccccc3n2Cc2ccccc2)C1. The van der Waals surface area contributed by atoms with E-state index in [0.29, 0.717) is 18.9 Å². The van der Waals surface area contributed by atoms with Gasteiger partial charge in [-0.1, -0.05) is 48.5 Å². The summed E-state index contributed by atoms with van der Waals surface area (Å²) in [7, 11) is 0. The second-order valence-corrected chi connectivity index (χ2v) is 7.13. The van der Waals surface area contributed by atoms with E-state index in [0.717, 1.165) is 25.8 Å². The minimum Gasteiger partial charge on any atom is -0.466 e. The number of nitrogens with zero attached hydrogens (tertiary/aromatic N) is 1. The smallest absolute Gasteiger partial charge is 0.306 e. The Morgan fingerprint density at radius 2 is 1.88 bits per heavy atom. The molecule has 0 fully saturated rings. The first-order valence-corrected chi connectivity index (χ1v) is 9.54. The summed E-state index contributed by atoms with van der Waals surface area (Å²) in [6, 6.07) is 19.3. The largest absolute Gasteiger partial charge is 0.466 e. The Bertz CT molecular complexity index is 911. The van der Waals surface area contributed by atoms with Gasteiger partial charge in [-0.3, -0.25) is 4.79 Å². The molecule has 1 aliphatic rings. The predicted octanol–water partition coefficient (Wildman–Crippen LogP) is 4.75. The van der Waals surface area contributed by atoms with E-state index in [-0.39, 0.29) is 5.97 Å². The van der Waals surface area contributed by atoms with Crippen LogP contribution in [-0.4, -0.2) is 17.1 Å². The van der Waals surface area contributed by atoms with E-state index in [1.165, 1.54) is 27.7 Å². The molecule has 0 bridgehead atoms. The van der Waals surface area contributed by atoms with Gasteiger partial charge in [0.15, 0.2) is 0 Å². The van der Waals surface area contributed by atoms with Crippen LogP contribution in [0.25, 0.3) is 10.9 Å². The van der Waals surface area contributed by atoms with E-state index < -0.39 is 0 Å². The second kappa shape index (κ2) is 7.36. The number of ether oxygens (including phenoxy) is 1. The van der Waals surface area contributed by atoms with E-state index in [1.54, 1.807) is 0 Å². The molecule has 2 aromatic carbocycles. The van der Waals surface area contributed by atoms with Gasteiger partial charge in [0, 0.05) is 29.6 Å². The summed E-state index contributed by atoms with van der Waals surface area (Å²) in [6.07, 6.45) is 3.58. The van der Waals surface area contributed by atoms with Crippen LogP contribution in [0.5, 0.6) is 0 Å². The predicted molar refractivity (Wildman–Crippen MR) is 104 cm³/mol. The minimum atomic E-state index is -0.0611. The van der Waals surface area contributed by atoms with E-state index in [9.17, 15) is 4.79 Å².